The smallest absolute Gasteiger partial charge is 0.306 e. The van der Waals surface area contributed by atoms with Crippen LogP contribution in [0.15, 0.2) is 48.5 Å². The number of esters is 2. The molecular formula is C25H26N2O5. The van der Waals surface area contributed by atoms with Crippen LogP contribution >= 0.6 is 0 Å². The van der Waals surface area contributed by atoms with E-state index in [0.717, 1.165) is 11.1 Å². The number of likely N-dealkylation sites (tertiary alicyclic amines) is 1. The van der Waals surface area contributed by atoms with E-state index in [1.165, 1.54) is 14.2 Å². The fourth-order valence-corrected chi connectivity index (χ4v) is 4.08. The molecule has 0 saturated carbocycles. The van der Waals surface area contributed by atoms with Crippen molar-refractivity contribution >= 4 is 17.8 Å². The Morgan fingerprint density at radius 2 is 1.34 bits per heavy atom. The van der Waals surface area contributed by atoms with Crippen LogP contribution in [0.25, 0.3) is 11.1 Å². The van der Waals surface area contributed by atoms with Gasteiger partial charge in [0, 0.05) is 18.7 Å². The van der Waals surface area contributed by atoms with E-state index >= 15 is 0 Å². The first-order valence-corrected chi connectivity index (χ1v) is 10.4. The topological polar surface area (TPSA) is 96.7 Å². The molecule has 2 aromatic rings. The van der Waals surface area contributed by atoms with Gasteiger partial charge in [-0.05, 0) is 53.6 Å². The molecule has 0 unspecified atom stereocenters. The summed E-state index contributed by atoms with van der Waals surface area (Å²) in [5, 5.41) is 8.93. The van der Waals surface area contributed by atoms with Crippen LogP contribution in [0.1, 0.15) is 41.6 Å². The quantitative estimate of drug-likeness (QED) is 0.645. The number of rotatable bonds is 6. The molecule has 32 heavy (non-hydrogen) atoms. The van der Waals surface area contributed by atoms with Crippen molar-refractivity contribution in [3.63, 3.8) is 0 Å². The van der Waals surface area contributed by atoms with Gasteiger partial charge in [-0.15, -0.1) is 0 Å². The number of nitriles is 1. The van der Waals surface area contributed by atoms with E-state index in [0.29, 0.717) is 37.1 Å². The average Bonchev–Trinajstić information content (AvgIpc) is 2.84. The summed E-state index contributed by atoms with van der Waals surface area (Å²) >= 11 is 0. The minimum Gasteiger partial charge on any atom is -0.469 e. The molecule has 1 aliphatic heterocycles. The van der Waals surface area contributed by atoms with Crippen molar-refractivity contribution < 1.29 is 23.9 Å². The van der Waals surface area contributed by atoms with Gasteiger partial charge in [-0.1, -0.05) is 24.3 Å². The monoisotopic (exact) mass is 434 g/mol. The van der Waals surface area contributed by atoms with E-state index in [2.05, 4.69) is 6.07 Å². The summed E-state index contributed by atoms with van der Waals surface area (Å²) < 4.78 is 9.62. The Labute approximate surface area is 187 Å². The molecule has 0 atom stereocenters. The number of hydrogen-bond donors (Lipinski definition) is 0. The zero-order valence-electron chi connectivity index (χ0n) is 18.3. The summed E-state index contributed by atoms with van der Waals surface area (Å²) in [6.07, 6.45) is 1.29. The van der Waals surface area contributed by atoms with Crippen LogP contribution in [0.2, 0.25) is 0 Å². The molecule has 166 valence electrons. The molecule has 3 rings (SSSR count). The lowest BCUT2D eigenvalue weighted by Crippen LogP contribution is -2.45. The van der Waals surface area contributed by atoms with Gasteiger partial charge in [-0.3, -0.25) is 14.4 Å². The summed E-state index contributed by atoms with van der Waals surface area (Å²) in [6.45, 7) is 0.897. The highest BCUT2D eigenvalue weighted by Crippen LogP contribution is 2.39. The van der Waals surface area contributed by atoms with Crippen LogP contribution in [0, 0.1) is 16.7 Å². The van der Waals surface area contributed by atoms with Crippen LogP contribution < -0.4 is 0 Å². The van der Waals surface area contributed by atoms with E-state index in [9.17, 15) is 14.4 Å². The van der Waals surface area contributed by atoms with Crippen LogP contribution in [0.4, 0.5) is 0 Å². The maximum Gasteiger partial charge on any atom is 0.306 e. The number of piperidine rings is 1. The third-order valence-electron chi connectivity index (χ3n) is 6.08. The van der Waals surface area contributed by atoms with Gasteiger partial charge in [-0.25, -0.2) is 0 Å². The summed E-state index contributed by atoms with van der Waals surface area (Å²) in [4.78, 5) is 38.6. The maximum absolute atomic E-state index is 13.0. The zero-order chi connectivity index (χ0) is 23.1. The van der Waals surface area contributed by atoms with Crippen LogP contribution in [0.5, 0.6) is 0 Å². The molecule has 1 fully saturated rings. The molecule has 1 heterocycles. The van der Waals surface area contributed by atoms with E-state index in [1.807, 2.05) is 24.3 Å². The highest BCUT2D eigenvalue weighted by Gasteiger charge is 2.40. The molecule has 7 heteroatoms. The number of benzene rings is 2. The second-order valence-electron chi connectivity index (χ2n) is 8.06. The molecule has 0 radical (unpaired) electrons. The first-order valence-electron chi connectivity index (χ1n) is 10.4. The van der Waals surface area contributed by atoms with Crippen LogP contribution in [0.3, 0.4) is 0 Å². The minimum absolute atomic E-state index is 0.0823. The number of hydrogen-bond acceptors (Lipinski definition) is 6. The van der Waals surface area contributed by atoms with Gasteiger partial charge < -0.3 is 14.4 Å². The Bertz CT molecular complexity index is 994. The predicted octanol–water partition coefficient (Wildman–Crippen LogP) is 3.57. The molecule has 1 amide bonds. The summed E-state index contributed by atoms with van der Waals surface area (Å²) in [5.41, 5.74) is 2.55. The van der Waals surface area contributed by atoms with E-state index in [1.54, 1.807) is 29.2 Å². The van der Waals surface area contributed by atoms with Gasteiger partial charge in [0.05, 0.1) is 38.7 Å². The van der Waals surface area contributed by atoms with Crippen molar-refractivity contribution in [3.05, 3.63) is 59.7 Å². The summed E-state index contributed by atoms with van der Waals surface area (Å²) in [7, 11) is 2.66. The Morgan fingerprint density at radius 1 is 0.875 bits per heavy atom. The Hall–Kier alpha value is -3.66. The fraction of sp³-hybridized carbons (Fsp3) is 0.360. The molecule has 0 aromatic heterocycles. The van der Waals surface area contributed by atoms with Gasteiger partial charge in [0.15, 0.2) is 0 Å². The number of methoxy groups -OCH3 is 2. The zero-order valence-corrected chi connectivity index (χ0v) is 18.3. The van der Waals surface area contributed by atoms with Gasteiger partial charge in [0.1, 0.15) is 0 Å². The predicted molar refractivity (Wildman–Crippen MR) is 117 cm³/mol. The molecule has 0 spiro atoms. The normalized spacial score (nSPS) is 14.8. The number of amides is 1. The molecule has 2 aromatic carbocycles. The molecule has 0 bridgehead atoms. The van der Waals surface area contributed by atoms with Gasteiger partial charge >= 0.3 is 11.9 Å². The highest BCUT2D eigenvalue weighted by atomic mass is 16.5. The van der Waals surface area contributed by atoms with Crippen molar-refractivity contribution in [2.75, 3.05) is 27.3 Å². The molecular weight excluding hydrogens is 408 g/mol. The highest BCUT2D eigenvalue weighted by molar-refractivity contribution is 5.94. The molecule has 1 aliphatic rings. The summed E-state index contributed by atoms with van der Waals surface area (Å²) in [6, 6.07) is 16.7. The lowest BCUT2D eigenvalue weighted by molar-refractivity contribution is -0.149. The van der Waals surface area contributed by atoms with E-state index in [4.69, 9.17) is 14.7 Å². The van der Waals surface area contributed by atoms with Crippen molar-refractivity contribution in [1.29, 1.82) is 5.26 Å². The Kier molecular flexibility index (Phi) is 7.26. The fourth-order valence-electron chi connectivity index (χ4n) is 4.08. The Balaban J connectivity index is 1.67. The van der Waals surface area contributed by atoms with Gasteiger partial charge in [0.25, 0.3) is 5.91 Å². The van der Waals surface area contributed by atoms with Crippen molar-refractivity contribution in [1.82, 2.24) is 4.90 Å². The third-order valence-corrected chi connectivity index (χ3v) is 6.08. The van der Waals surface area contributed by atoms with E-state index in [-0.39, 0.29) is 30.7 Å². The van der Waals surface area contributed by atoms with Crippen LogP contribution in [-0.4, -0.2) is 50.1 Å². The number of carbonyl (C=O) groups is 3. The van der Waals surface area contributed by atoms with E-state index < -0.39 is 5.41 Å². The largest absolute Gasteiger partial charge is 0.469 e. The first-order chi connectivity index (χ1) is 15.4. The van der Waals surface area contributed by atoms with Crippen molar-refractivity contribution in [3.8, 4) is 17.2 Å². The molecule has 7 nitrogen and oxygen atoms in total. The second kappa shape index (κ2) is 10.1. The third kappa shape index (κ3) is 5.33. The van der Waals surface area contributed by atoms with Crippen molar-refractivity contribution in [2.24, 2.45) is 5.41 Å². The SMILES string of the molecule is COC(=O)CC1(CC(=O)OC)CCN(C(=O)c2ccc(-c3ccc(C#N)cc3)cc2)CC1. The lowest BCUT2D eigenvalue weighted by atomic mass is 9.73. The minimum atomic E-state index is -0.559. The molecule has 0 N–H and O–H groups in total. The van der Waals surface area contributed by atoms with Crippen LogP contribution in [-0.2, 0) is 19.1 Å². The lowest BCUT2D eigenvalue weighted by Gasteiger charge is -2.40. The average molecular weight is 434 g/mol. The first kappa shape index (κ1) is 23.0. The van der Waals surface area contributed by atoms with Crippen molar-refractivity contribution in [2.45, 2.75) is 25.7 Å². The van der Waals surface area contributed by atoms with Gasteiger partial charge in [0.2, 0.25) is 0 Å². The number of carbonyl (C=O) groups excluding carboxylic acids is 3. The second-order valence-corrected chi connectivity index (χ2v) is 8.06. The van der Waals surface area contributed by atoms with Gasteiger partial charge in [-0.2, -0.15) is 5.26 Å². The number of nitrogens with zero attached hydrogens (tertiary/aromatic N) is 2. The standard InChI is InChI=1S/C25H26N2O5/c1-31-22(28)15-25(16-23(29)32-2)11-13-27(14-12-25)24(30)21-9-7-20(8-10-21)19-5-3-18(17-26)4-6-19/h3-10H,11-16H2,1-2H3. The molecule has 0 aliphatic carbocycles. The maximum atomic E-state index is 13.0. The number of ether oxygens (including phenoxy) is 2. The Morgan fingerprint density at radius 3 is 1.78 bits per heavy atom. The molecule has 1 saturated heterocycles. The summed E-state index contributed by atoms with van der Waals surface area (Å²) in [5.74, 6) is -0.819.